The molecule has 0 atom stereocenters. The predicted molar refractivity (Wildman–Crippen MR) is 103 cm³/mol. The number of pyridine rings is 1. The Morgan fingerprint density at radius 1 is 1.19 bits per heavy atom. The summed E-state index contributed by atoms with van der Waals surface area (Å²) in [6.45, 7) is 1.50. The van der Waals surface area contributed by atoms with Gasteiger partial charge in [0.1, 0.15) is 5.82 Å². The van der Waals surface area contributed by atoms with Crippen LogP contribution in [-0.2, 0) is 7.05 Å². The van der Waals surface area contributed by atoms with Crippen LogP contribution in [0.5, 0.6) is 0 Å². The van der Waals surface area contributed by atoms with Gasteiger partial charge in [0.25, 0.3) is 0 Å². The molecule has 0 saturated carbocycles. The molecule has 0 spiro atoms. The highest BCUT2D eigenvalue weighted by Gasteiger charge is 2.23. The number of nitrogens with zero attached hydrogens (tertiary/aromatic N) is 3. The van der Waals surface area contributed by atoms with Crippen LogP contribution in [0.4, 0.5) is 4.39 Å². The van der Waals surface area contributed by atoms with Gasteiger partial charge in [-0.25, -0.2) is 9.37 Å². The Kier molecular flexibility index (Phi) is 4.57. The smallest absolute Gasteiger partial charge is 0.317 e. The fourth-order valence-electron chi connectivity index (χ4n) is 3.59. The summed E-state index contributed by atoms with van der Waals surface area (Å²) in [4.78, 5) is 29.8. The number of fused-ring (bicyclic) bond motifs is 1. The molecule has 1 aromatic carbocycles. The van der Waals surface area contributed by atoms with Crippen LogP contribution in [0.2, 0.25) is 5.02 Å². The molecular formula is C19H18ClFN4O2. The molecule has 0 bridgehead atoms. The summed E-state index contributed by atoms with van der Waals surface area (Å²) in [7, 11) is 1.51. The second-order valence-electron chi connectivity index (χ2n) is 6.66. The van der Waals surface area contributed by atoms with E-state index in [1.54, 1.807) is 24.3 Å². The topological polar surface area (TPSA) is 68.9 Å². The highest BCUT2D eigenvalue weighted by Crippen LogP contribution is 2.31. The molecule has 1 fully saturated rings. The minimum atomic E-state index is -0.627. The van der Waals surface area contributed by atoms with Crippen molar-refractivity contribution in [1.82, 2.24) is 19.4 Å². The molecule has 1 aliphatic rings. The summed E-state index contributed by atoms with van der Waals surface area (Å²) in [5, 5.41) is 3.46. The largest absolute Gasteiger partial charge is 0.318 e. The van der Waals surface area contributed by atoms with Crippen molar-refractivity contribution in [3.8, 4) is 11.3 Å². The van der Waals surface area contributed by atoms with Crippen molar-refractivity contribution < 1.29 is 4.39 Å². The summed E-state index contributed by atoms with van der Waals surface area (Å²) in [5.41, 5.74) is 0.0502. The Bertz CT molecular complexity index is 1150. The van der Waals surface area contributed by atoms with Gasteiger partial charge in [0.15, 0.2) is 5.65 Å². The van der Waals surface area contributed by atoms with Gasteiger partial charge in [0.2, 0.25) is 0 Å². The van der Waals surface area contributed by atoms with Crippen molar-refractivity contribution in [3.05, 3.63) is 61.9 Å². The van der Waals surface area contributed by atoms with E-state index in [2.05, 4.69) is 10.3 Å². The van der Waals surface area contributed by atoms with Crippen molar-refractivity contribution in [2.45, 2.75) is 18.9 Å². The summed E-state index contributed by atoms with van der Waals surface area (Å²) in [6, 6.07) is 7.63. The average molecular weight is 389 g/mol. The van der Waals surface area contributed by atoms with Crippen molar-refractivity contribution in [1.29, 1.82) is 0 Å². The maximum atomic E-state index is 14.3. The minimum absolute atomic E-state index is 0.141. The van der Waals surface area contributed by atoms with Crippen molar-refractivity contribution in [2.75, 3.05) is 13.1 Å². The van der Waals surface area contributed by atoms with Crippen LogP contribution < -0.4 is 16.4 Å². The molecule has 0 unspecified atom stereocenters. The molecule has 1 aliphatic heterocycles. The maximum Gasteiger partial charge on any atom is 0.318 e. The van der Waals surface area contributed by atoms with E-state index >= 15 is 0 Å². The Labute approximate surface area is 159 Å². The van der Waals surface area contributed by atoms with E-state index < -0.39 is 16.9 Å². The van der Waals surface area contributed by atoms with Crippen LogP contribution in [-0.4, -0.2) is 27.2 Å². The third-order valence-electron chi connectivity index (χ3n) is 5.04. The summed E-state index contributed by atoms with van der Waals surface area (Å²) < 4.78 is 17.0. The highest BCUT2D eigenvalue weighted by atomic mass is 35.5. The van der Waals surface area contributed by atoms with Crippen molar-refractivity contribution in [2.24, 2.45) is 7.05 Å². The van der Waals surface area contributed by atoms with Crippen LogP contribution in [0.3, 0.4) is 0 Å². The monoisotopic (exact) mass is 388 g/mol. The SMILES string of the molecule is Cn1c(=O)c(=O)n(C2CCNCC2)c2nc(-c3ccccc3F)c(Cl)cc21. The number of nitrogens with one attached hydrogen (secondary N) is 1. The Balaban J connectivity index is 2.07. The van der Waals surface area contributed by atoms with Gasteiger partial charge in [0.05, 0.1) is 16.2 Å². The molecule has 4 rings (SSSR count). The lowest BCUT2D eigenvalue weighted by Crippen LogP contribution is -2.44. The fraction of sp³-hybridized carbons (Fsp3) is 0.316. The first-order valence-electron chi connectivity index (χ1n) is 8.76. The maximum absolute atomic E-state index is 14.3. The summed E-state index contributed by atoms with van der Waals surface area (Å²) in [5.74, 6) is -0.452. The lowest BCUT2D eigenvalue weighted by atomic mass is 10.1. The Morgan fingerprint density at radius 2 is 1.89 bits per heavy atom. The molecule has 6 nitrogen and oxygen atoms in total. The molecule has 0 aliphatic carbocycles. The van der Waals surface area contributed by atoms with E-state index in [0.717, 1.165) is 13.1 Å². The lowest BCUT2D eigenvalue weighted by Gasteiger charge is -2.26. The van der Waals surface area contributed by atoms with Crippen molar-refractivity contribution >= 4 is 22.8 Å². The predicted octanol–water partition coefficient (Wildman–Crippen LogP) is 2.48. The van der Waals surface area contributed by atoms with Gasteiger partial charge in [-0.05, 0) is 44.1 Å². The second-order valence-corrected chi connectivity index (χ2v) is 7.07. The van der Waals surface area contributed by atoms with Crippen LogP contribution in [0.1, 0.15) is 18.9 Å². The molecule has 27 heavy (non-hydrogen) atoms. The van der Waals surface area contributed by atoms with Gasteiger partial charge in [0, 0.05) is 18.7 Å². The van der Waals surface area contributed by atoms with E-state index in [-0.39, 0.29) is 22.3 Å². The van der Waals surface area contributed by atoms with Gasteiger partial charge in [-0.2, -0.15) is 0 Å². The first-order chi connectivity index (χ1) is 13.0. The number of halogens is 2. The van der Waals surface area contributed by atoms with Crippen molar-refractivity contribution in [3.63, 3.8) is 0 Å². The average Bonchev–Trinajstić information content (AvgIpc) is 2.68. The van der Waals surface area contributed by atoms with E-state index in [0.29, 0.717) is 24.0 Å². The summed E-state index contributed by atoms with van der Waals surface area (Å²) >= 11 is 6.37. The molecule has 3 aromatic rings. The van der Waals surface area contributed by atoms with E-state index in [4.69, 9.17) is 11.6 Å². The zero-order valence-electron chi connectivity index (χ0n) is 14.7. The highest BCUT2D eigenvalue weighted by molar-refractivity contribution is 6.33. The quantitative estimate of drug-likeness (QED) is 0.685. The zero-order chi connectivity index (χ0) is 19.1. The number of hydrogen-bond donors (Lipinski definition) is 1. The van der Waals surface area contributed by atoms with Gasteiger partial charge in [-0.15, -0.1) is 0 Å². The molecule has 1 saturated heterocycles. The normalized spacial score (nSPS) is 15.4. The summed E-state index contributed by atoms with van der Waals surface area (Å²) in [6.07, 6.45) is 1.42. The third-order valence-corrected chi connectivity index (χ3v) is 5.32. The third kappa shape index (κ3) is 2.96. The number of rotatable bonds is 2. The van der Waals surface area contributed by atoms with Gasteiger partial charge < -0.3 is 9.88 Å². The second kappa shape index (κ2) is 6.90. The number of aryl methyl sites for hydroxylation is 1. The fourth-order valence-corrected chi connectivity index (χ4v) is 3.84. The first kappa shape index (κ1) is 17.9. The molecule has 0 amide bonds. The zero-order valence-corrected chi connectivity index (χ0v) is 15.5. The molecular weight excluding hydrogens is 371 g/mol. The van der Waals surface area contributed by atoms with Crippen LogP contribution in [0.25, 0.3) is 22.4 Å². The van der Waals surface area contributed by atoms with Gasteiger partial charge in [-0.1, -0.05) is 23.7 Å². The molecule has 2 aromatic heterocycles. The molecule has 3 heterocycles. The number of aromatic nitrogens is 3. The number of benzene rings is 1. The number of hydrogen-bond acceptors (Lipinski definition) is 4. The Morgan fingerprint density at radius 3 is 2.59 bits per heavy atom. The van der Waals surface area contributed by atoms with E-state index in [9.17, 15) is 14.0 Å². The van der Waals surface area contributed by atoms with Crippen LogP contribution >= 0.6 is 11.6 Å². The van der Waals surface area contributed by atoms with E-state index in [1.807, 2.05) is 0 Å². The van der Waals surface area contributed by atoms with Crippen LogP contribution in [0, 0.1) is 5.82 Å². The Hall–Kier alpha value is -2.51. The van der Waals surface area contributed by atoms with Gasteiger partial charge >= 0.3 is 11.1 Å². The number of piperidine rings is 1. The molecule has 8 heteroatoms. The lowest BCUT2D eigenvalue weighted by molar-refractivity contribution is 0.365. The first-order valence-corrected chi connectivity index (χ1v) is 9.14. The van der Waals surface area contributed by atoms with Crippen LogP contribution in [0.15, 0.2) is 39.9 Å². The minimum Gasteiger partial charge on any atom is -0.317 e. The molecule has 140 valence electrons. The molecule has 0 radical (unpaired) electrons. The standard InChI is InChI=1S/C19H18ClFN4O2/c1-24-15-10-13(20)16(12-4-2-3-5-14(12)21)23-17(15)25(19(27)18(24)26)11-6-8-22-9-7-11/h2-5,10-11,22H,6-9H2,1H3. The van der Waals surface area contributed by atoms with Gasteiger partial charge in [-0.3, -0.25) is 14.2 Å². The van der Waals surface area contributed by atoms with E-state index in [1.165, 1.54) is 22.2 Å². The molecule has 1 N–H and O–H groups in total.